The van der Waals surface area contributed by atoms with Crippen molar-refractivity contribution >= 4 is 30.6 Å². The third-order valence-corrected chi connectivity index (χ3v) is 6.82. The third-order valence-electron chi connectivity index (χ3n) is 5.83. The predicted octanol–water partition coefficient (Wildman–Crippen LogP) is 2.30. The van der Waals surface area contributed by atoms with Gasteiger partial charge in [0.1, 0.15) is 17.4 Å². The average molecular weight is 516 g/mol. The van der Waals surface area contributed by atoms with Crippen LogP contribution < -0.4 is 16.3 Å². The smallest absolute Gasteiger partial charge is 0.382 e. The van der Waals surface area contributed by atoms with Crippen LogP contribution in [0.2, 0.25) is 0 Å². The molecule has 0 fully saturated rings. The number of hydrogen-bond acceptors (Lipinski definition) is 9. The number of imidazole rings is 1. The number of carbonyl (C=O) groups is 1. The molecule has 0 aliphatic heterocycles. The van der Waals surface area contributed by atoms with Crippen LogP contribution in [0.3, 0.4) is 0 Å². The van der Waals surface area contributed by atoms with Crippen molar-refractivity contribution < 1.29 is 23.6 Å². The molecule has 1 aromatic carbocycles. The Bertz CT molecular complexity index is 1280. The molecule has 0 radical (unpaired) electrons. The molecular weight excluding hydrogens is 485 g/mol. The van der Waals surface area contributed by atoms with Gasteiger partial charge in [-0.15, -0.1) is 0 Å². The fourth-order valence-electron chi connectivity index (χ4n) is 3.78. The molecule has 1 aliphatic rings. The number of benzene rings is 1. The lowest BCUT2D eigenvalue weighted by atomic mass is 10.1. The molecule has 1 aliphatic carbocycles. The Morgan fingerprint density at radius 3 is 2.81 bits per heavy atom. The fourth-order valence-corrected chi connectivity index (χ4v) is 4.78. The molecule has 0 saturated carbocycles. The molecule has 0 bridgehead atoms. The van der Waals surface area contributed by atoms with Gasteiger partial charge in [-0.2, -0.15) is 5.48 Å². The van der Waals surface area contributed by atoms with Gasteiger partial charge < -0.3 is 20.0 Å². The van der Waals surface area contributed by atoms with Crippen LogP contribution in [0, 0.1) is 5.92 Å². The van der Waals surface area contributed by atoms with Crippen molar-refractivity contribution in [1.29, 1.82) is 0 Å². The van der Waals surface area contributed by atoms with E-state index >= 15 is 0 Å². The minimum Gasteiger partial charge on any atom is -0.382 e. The first-order valence-electron chi connectivity index (χ1n) is 11.5. The Morgan fingerprint density at radius 1 is 1.25 bits per heavy atom. The number of amides is 1. The standard InChI is InChI=1S/C23H30N7O5P/c1-23(2,29-34-11-10-16-6-4-3-5-7-16)22(31)28-36(32,33)35-13-17-8-9-18(12-17)30-15-27-19-20(24)25-14-26-21(19)30/h3-9,14-15,17-18,29H,10-13H2,1-2H3,(H2,24,25,26)(H2,28,31,32,33). The zero-order valence-electron chi connectivity index (χ0n) is 20.1. The maximum absolute atomic E-state index is 12.6. The monoisotopic (exact) mass is 515 g/mol. The number of hydroxylamine groups is 1. The summed E-state index contributed by atoms with van der Waals surface area (Å²) in [6.07, 6.45) is 8.12. The van der Waals surface area contributed by atoms with Crippen LogP contribution >= 0.6 is 7.75 Å². The summed E-state index contributed by atoms with van der Waals surface area (Å²) in [6.45, 7) is 3.36. The molecular formula is C23H30N7O5P. The summed E-state index contributed by atoms with van der Waals surface area (Å²) in [7, 11) is -4.40. The van der Waals surface area contributed by atoms with Crippen molar-refractivity contribution in [2.24, 2.45) is 5.92 Å². The Labute approximate surface area is 208 Å². The minimum absolute atomic E-state index is 0.0494. The number of nitrogen functional groups attached to an aromatic ring is 1. The number of hydrogen-bond donors (Lipinski definition) is 4. The van der Waals surface area contributed by atoms with Crippen molar-refractivity contribution in [3.8, 4) is 0 Å². The van der Waals surface area contributed by atoms with Gasteiger partial charge in [-0.3, -0.25) is 14.4 Å². The zero-order valence-corrected chi connectivity index (χ0v) is 21.0. The van der Waals surface area contributed by atoms with Crippen LogP contribution in [0.25, 0.3) is 11.2 Å². The van der Waals surface area contributed by atoms with Gasteiger partial charge in [0.15, 0.2) is 11.5 Å². The number of fused-ring (bicyclic) bond motifs is 1. The lowest BCUT2D eigenvalue weighted by Gasteiger charge is -2.26. The largest absolute Gasteiger partial charge is 0.432 e. The second-order valence-corrected chi connectivity index (χ2v) is 10.6. The number of allylic oxidation sites excluding steroid dienone is 1. The van der Waals surface area contributed by atoms with Crippen molar-refractivity contribution in [3.05, 3.63) is 60.7 Å². The van der Waals surface area contributed by atoms with Crippen molar-refractivity contribution in [2.75, 3.05) is 18.9 Å². The Hall–Kier alpha value is -3.15. The zero-order chi connectivity index (χ0) is 25.8. The topological polar surface area (TPSA) is 167 Å². The Kier molecular flexibility index (Phi) is 7.82. The highest BCUT2D eigenvalue weighted by atomic mass is 31.2. The van der Waals surface area contributed by atoms with Gasteiger partial charge in [-0.25, -0.2) is 19.5 Å². The average Bonchev–Trinajstić information content (AvgIpc) is 3.49. The number of nitrogens with one attached hydrogen (secondary N) is 2. The van der Waals surface area contributed by atoms with E-state index in [1.165, 1.54) is 6.33 Å². The Morgan fingerprint density at radius 2 is 2.03 bits per heavy atom. The maximum atomic E-state index is 12.6. The SMILES string of the molecule is CC(C)(NOCCc1ccccc1)C(=O)NP(=O)(O)OCC1C=CC(n2cnc3c(N)ncnc32)C1. The van der Waals surface area contributed by atoms with Gasteiger partial charge in [0, 0.05) is 5.92 Å². The van der Waals surface area contributed by atoms with Crippen molar-refractivity contribution in [1.82, 2.24) is 30.1 Å². The highest BCUT2D eigenvalue weighted by Gasteiger charge is 2.35. The van der Waals surface area contributed by atoms with Gasteiger partial charge in [0.2, 0.25) is 0 Å². The molecule has 4 rings (SSSR count). The fraction of sp³-hybridized carbons (Fsp3) is 0.391. The van der Waals surface area contributed by atoms with Crippen LogP contribution in [0.5, 0.6) is 0 Å². The molecule has 192 valence electrons. The van der Waals surface area contributed by atoms with E-state index in [4.69, 9.17) is 15.1 Å². The molecule has 0 spiro atoms. The predicted molar refractivity (Wildman–Crippen MR) is 133 cm³/mol. The molecule has 3 atom stereocenters. The first kappa shape index (κ1) is 25.9. The summed E-state index contributed by atoms with van der Waals surface area (Å²) < 4.78 is 19.6. The molecule has 5 N–H and O–H groups in total. The summed E-state index contributed by atoms with van der Waals surface area (Å²) >= 11 is 0. The second kappa shape index (κ2) is 10.9. The van der Waals surface area contributed by atoms with Crippen molar-refractivity contribution in [2.45, 2.75) is 38.3 Å². The molecule has 0 saturated heterocycles. The van der Waals surface area contributed by atoms with Crippen LogP contribution in [0.1, 0.15) is 31.9 Å². The van der Waals surface area contributed by atoms with Gasteiger partial charge in [-0.05, 0) is 32.3 Å². The van der Waals surface area contributed by atoms with Gasteiger partial charge >= 0.3 is 7.75 Å². The number of anilines is 1. The number of rotatable bonds is 11. The van der Waals surface area contributed by atoms with E-state index in [0.29, 0.717) is 36.4 Å². The van der Waals surface area contributed by atoms with E-state index in [9.17, 15) is 14.3 Å². The molecule has 3 aromatic rings. The molecule has 3 unspecified atom stereocenters. The van der Waals surface area contributed by atoms with E-state index in [1.54, 1.807) is 20.2 Å². The normalized spacial score (nSPS) is 19.4. The highest BCUT2D eigenvalue weighted by molar-refractivity contribution is 7.51. The summed E-state index contributed by atoms with van der Waals surface area (Å²) in [5, 5.41) is 2.09. The number of aromatic nitrogens is 4. The van der Waals surface area contributed by atoms with Crippen molar-refractivity contribution in [3.63, 3.8) is 0 Å². The highest BCUT2D eigenvalue weighted by Crippen LogP contribution is 2.40. The maximum Gasteiger partial charge on any atom is 0.432 e. The summed E-state index contributed by atoms with van der Waals surface area (Å²) in [4.78, 5) is 40.7. The first-order valence-corrected chi connectivity index (χ1v) is 13.1. The van der Waals surface area contributed by atoms with Gasteiger partial charge in [0.05, 0.1) is 25.6 Å². The second-order valence-electron chi connectivity index (χ2n) is 9.10. The van der Waals surface area contributed by atoms with Gasteiger partial charge in [0.25, 0.3) is 5.91 Å². The van der Waals surface area contributed by atoms with Crippen LogP contribution in [0.15, 0.2) is 55.1 Å². The Balaban J connectivity index is 1.23. The van der Waals surface area contributed by atoms with Crippen LogP contribution in [0.4, 0.5) is 5.82 Å². The van der Waals surface area contributed by atoms with Gasteiger partial charge in [-0.1, -0.05) is 42.5 Å². The third kappa shape index (κ3) is 6.34. The molecule has 36 heavy (non-hydrogen) atoms. The van der Waals surface area contributed by atoms with E-state index < -0.39 is 19.2 Å². The van der Waals surface area contributed by atoms with E-state index in [-0.39, 0.29) is 18.6 Å². The lowest BCUT2D eigenvalue weighted by Crippen LogP contribution is -2.52. The summed E-state index contributed by atoms with van der Waals surface area (Å²) in [5.41, 5.74) is 9.46. The molecule has 2 aromatic heterocycles. The number of carbonyl (C=O) groups excluding carboxylic acids is 1. The quantitative estimate of drug-likeness (QED) is 0.129. The molecule has 2 heterocycles. The summed E-state index contributed by atoms with van der Waals surface area (Å²) in [5.74, 6) is -0.567. The van der Waals surface area contributed by atoms with Crippen LogP contribution in [-0.2, 0) is 25.1 Å². The van der Waals surface area contributed by atoms with E-state index in [2.05, 4.69) is 25.5 Å². The first-order chi connectivity index (χ1) is 17.1. The molecule has 12 nitrogen and oxygen atoms in total. The number of nitrogens with two attached hydrogens (primary N) is 1. The van der Waals surface area contributed by atoms with E-state index in [0.717, 1.165) is 5.56 Å². The van der Waals surface area contributed by atoms with Crippen LogP contribution in [-0.4, -0.2) is 49.1 Å². The summed E-state index contributed by atoms with van der Waals surface area (Å²) in [6, 6.07) is 9.69. The number of nitrogens with zero attached hydrogens (tertiary/aromatic N) is 4. The lowest BCUT2D eigenvalue weighted by molar-refractivity contribution is -0.131. The minimum atomic E-state index is -4.40. The molecule has 13 heteroatoms. The molecule has 1 amide bonds. The van der Waals surface area contributed by atoms with E-state index in [1.807, 2.05) is 47.1 Å².